The molecule has 0 bridgehead atoms. The molecule has 0 fully saturated rings. The van der Waals surface area contributed by atoms with Crippen LogP contribution < -0.4 is 27.6 Å². The maximum Gasteiger partial charge on any atom is 0.256 e. The van der Waals surface area contributed by atoms with Gasteiger partial charge < -0.3 is 16.8 Å². The van der Waals surface area contributed by atoms with Crippen molar-refractivity contribution in [3.8, 4) is 0 Å². The predicted octanol–water partition coefficient (Wildman–Crippen LogP) is -1.16. The summed E-state index contributed by atoms with van der Waals surface area (Å²) in [5, 5.41) is 3.13. The van der Waals surface area contributed by atoms with Crippen molar-refractivity contribution >= 4 is 12.3 Å². The third-order valence-corrected chi connectivity index (χ3v) is 2.13. The van der Waals surface area contributed by atoms with Crippen molar-refractivity contribution in [2.75, 3.05) is 20.1 Å². The summed E-state index contributed by atoms with van der Waals surface area (Å²) in [4.78, 5) is 20.2. The smallest absolute Gasteiger partial charge is 0.256 e. The number of amides is 2. The van der Waals surface area contributed by atoms with Crippen molar-refractivity contribution in [2.45, 2.75) is 38.6 Å². The average molecular weight is 261 g/mol. The maximum absolute atomic E-state index is 10.6. The van der Waals surface area contributed by atoms with Crippen molar-refractivity contribution in [1.29, 1.82) is 0 Å². The largest absolute Gasteiger partial charge is 0.328 e. The van der Waals surface area contributed by atoms with Gasteiger partial charge in [0.15, 0.2) is 0 Å². The number of nitrogens with two attached hydrogens (primary N) is 2. The summed E-state index contributed by atoms with van der Waals surface area (Å²) < 4.78 is 0. The van der Waals surface area contributed by atoms with Crippen LogP contribution in [0.5, 0.6) is 0 Å². The summed E-state index contributed by atoms with van der Waals surface area (Å²) in [6.07, 6.45) is 5.79. The third kappa shape index (κ3) is 14.8. The van der Waals surface area contributed by atoms with Crippen molar-refractivity contribution in [3.05, 3.63) is 0 Å². The lowest BCUT2D eigenvalue weighted by Crippen LogP contribution is -2.49. The van der Waals surface area contributed by atoms with Gasteiger partial charge in [-0.3, -0.25) is 20.4 Å². The van der Waals surface area contributed by atoms with Crippen LogP contribution in [0.2, 0.25) is 0 Å². The summed E-state index contributed by atoms with van der Waals surface area (Å²) in [7, 11) is 2.01. The van der Waals surface area contributed by atoms with Gasteiger partial charge in [-0.2, -0.15) is 0 Å². The standard InChI is InChI=1S/C7H17N.C4H10N4O2/c1-3-4-5-6-7-8-2;5-1-3(6)4(10)8-7-2-9/h8H,3-7H2,1-2H3;2-3H,1,5-6H2,(H,7,9)(H,8,10)/t;3-/m.0/s1. The molecule has 0 aliphatic carbocycles. The van der Waals surface area contributed by atoms with E-state index in [0.29, 0.717) is 6.41 Å². The number of hydrazine groups is 1. The van der Waals surface area contributed by atoms with Crippen LogP contribution in [0.4, 0.5) is 0 Å². The zero-order valence-electron chi connectivity index (χ0n) is 11.4. The Labute approximate surface area is 109 Å². The second-order valence-corrected chi connectivity index (χ2v) is 3.76. The minimum atomic E-state index is -0.771. The average Bonchev–Trinajstić information content (AvgIpc) is 2.40. The van der Waals surface area contributed by atoms with Gasteiger partial charge in [0.05, 0.1) is 6.04 Å². The highest BCUT2D eigenvalue weighted by molar-refractivity contribution is 5.82. The first-order valence-corrected chi connectivity index (χ1v) is 6.23. The third-order valence-electron chi connectivity index (χ3n) is 2.13. The molecule has 0 aliphatic rings. The summed E-state index contributed by atoms with van der Waals surface area (Å²) in [6.45, 7) is 3.46. The first kappa shape index (κ1) is 19.2. The second kappa shape index (κ2) is 15.8. The number of nitrogens with one attached hydrogen (secondary N) is 3. The molecule has 7 N–H and O–H groups in total. The lowest BCUT2D eigenvalue weighted by atomic mass is 10.2. The maximum atomic E-state index is 10.6. The van der Waals surface area contributed by atoms with Gasteiger partial charge >= 0.3 is 0 Å². The predicted molar refractivity (Wildman–Crippen MR) is 72.4 cm³/mol. The molecule has 1 atom stereocenters. The number of carbonyl (C=O) groups is 2. The second-order valence-electron chi connectivity index (χ2n) is 3.76. The van der Waals surface area contributed by atoms with Gasteiger partial charge in [0.2, 0.25) is 6.41 Å². The molecule has 0 unspecified atom stereocenters. The van der Waals surface area contributed by atoms with Crippen molar-refractivity contribution in [3.63, 3.8) is 0 Å². The van der Waals surface area contributed by atoms with Gasteiger partial charge in [0, 0.05) is 6.54 Å². The molecule has 108 valence electrons. The molecule has 0 spiro atoms. The molecular formula is C11H27N5O2. The van der Waals surface area contributed by atoms with E-state index in [1.165, 1.54) is 32.2 Å². The molecule has 0 rings (SSSR count). The van der Waals surface area contributed by atoms with E-state index in [0.717, 1.165) is 0 Å². The van der Waals surface area contributed by atoms with Gasteiger partial charge in [-0.25, -0.2) is 0 Å². The van der Waals surface area contributed by atoms with Crippen molar-refractivity contribution in [1.82, 2.24) is 16.2 Å². The SMILES string of the molecule is CCCCCCNC.NC[C@H](N)C(=O)NNC=O. The van der Waals surface area contributed by atoms with Crippen LogP contribution in [0.3, 0.4) is 0 Å². The van der Waals surface area contributed by atoms with Crippen LogP contribution >= 0.6 is 0 Å². The zero-order chi connectivity index (χ0) is 14.2. The highest BCUT2D eigenvalue weighted by Gasteiger charge is 2.08. The van der Waals surface area contributed by atoms with E-state index in [9.17, 15) is 9.59 Å². The summed E-state index contributed by atoms with van der Waals surface area (Å²) in [5.41, 5.74) is 14.2. The van der Waals surface area contributed by atoms with E-state index < -0.39 is 11.9 Å². The molecule has 0 aromatic carbocycles. The molecule has 0 saturated heterocycles. The Morgan fingerprint density at radius 3 is 2.44 bits per heavy atom. The van der Waals surface area contributed by atoms with Gasteiger partial charge in [-0.05, 0) is 20.0 Å². The van der Waals surface area contributed by atoms with Crippen LogP contribution in [-0.4, -0.2) is 38.5 Å². The Hall–Kier alpha value is -1.18. The topological polar surface area (TPSA) is 122 Å². The lowest BCUT2D eigenvalue weighted by Gasteiger charge is -2.07. The Morgan fingerprint density at radius 1 is 1.33 bits per heavy atom. The highest BCUT2D eigenvalue weighted by atomic mass is 16.2. The Bertz CT molecular complexity index is 196. The number of hydrogen-bond acceptors (Lipinski definition) is 5. The fourth-order valence-electron chi connectivity index (χ4n) is 1.03. The molecule has 0 saturated carbocycles. The van der Waals surface area contributed by atoms with Gasteiger partial charge in [-0.15, -0.1) is 0 Å². The molecule has 0 aromatic rings. The molecule has 7 heteroatoms. The Kier molecular flexibility index (Phi) is 16.8. The zero-order valence-corrected chi connectivity index (χ0v) is 11.4. The van der Waals surface area contributed by atoms with E-state index in [4.69, 9.17) is 11.5 Å². The molecule has 2 amide bonds. The highest BCUT2D eigenvalue weighted by Crippen LogP contribution is 1.96. The molecule has 0 radical (unpaired) electrons. The van der Waals surface area contributed by atoms with E-state index >= 15 is 0 Å². The number of unbranched alkanes of at least 4 members (excludes halogenated alkanes) is 3. The summed E-state index contributed by atoms with van der Waals surface area (Å²) in [6, 6.07) is -0.771. The van der Waals surface area contributed by atoms with Gasteiger partial charge in [0.25, 0.3) is 5.91 Å². The molecule has 0 heterocycles. The molecule has 18 heavy (non-hydrogen) atoms. The first-order valence-electron chi connectivity index (χ1n) is 6.23. The Morgan fingerprint density at radius 2 is 2.00 bits per heavy atom. The van der Waals surface area contributed by atoms with Crippen molar-refractivity contribution < 1.29 is 9.59 Å². The normalized spacial score (nSPS) is 10.9. The van der Waals surface area contributed by atoms with Gasteiger partial charge in [-0.1, -0.05) is 26.2 Å². The van der Waals surface area contributed by atoms with Crippen LogP contribution in [0.15, 0.2) is 0 Å². The van der Waals surface area contributed by atoms with E-state index in [-0.39, 0.29) is 6.54 Å². The molecule has 0 aliphatic heterocycles. The lowest BCUT2D eigenvalue weighted by molar-refractivity contribution is -0.125. The minimum Gasteiger partial charge on any atom is -0.328 e. The van der Waals surface area contributed by atoms with Gasteiger partial charge in [0.1, 0.15) is 0 Å². The number of rotatable bonds is 9. The molecule has 0 aromatic heterocycles. The summed E-state index contributed by atoms with van der Waals surface area (Å²) in [5.74, 6) is -0.505. The fourth-order valence-corrected chi connectivity index (χ4v) is 1.03. The molecular weight excluding hydrogens is 234 g/mol. The van der Waals surface area contributed by atoms with E-state index in [2.05, 4.69) is 12.2 Å². The summed E-state index contributed by atoms with van der Waals surface area (Å²) >= 11 is 0. The molecule has 7 nitrogen and oxygen atoms in total. The number of carbonyl (C=O) groups excluding carboxylic acids is 2. The fraction of sp³-hybridized carbons (Fsp3) is 0.818. The Balaban J connectivity index is 0. The van der Waals surface area contributed by atoms with Crippen molar-refractivity contribution in [2.24, 2.45) is 11.5 Å². The van der Waals surface area contributed by atoms with Crippen LogP contribution in [-0.2, 0) is 9.59 Å². The minimum absolute atomic E-state index is 0.0480. The first-order chi connectivity index (χ1) is 8.63. The monoisotopic (exact) mass is 261 g/mol. The van der Waals surface area contributed by atoms with E-state index in [1.54, 1.807) is 0 Å². The van der Waals surface area contributed by atoms with Crippen LogP contribution in [0, 0.1) is 0 Å². The quantitative estimate of drug-likeness (QED) is 0.203. The number of hydrogen-bond donors (Lipinski definition) is 5. The van der Waals surface area contributed by atoms with E-state index in [1.807, 2.05) is 17.9 Å². The van der Waals surface area contributed by atoms with Crippen LogP contribution in [0.25, 0.3) is 0 Å². The van der Waals surface area contributed by atoms with Crippen LogP contribution in [0.1, 0.15) is 32.6 Å².